The minimum absolute atomic E-state index is 0.955. The van der Waals surface area contributed by atoms with Crippen LogP contribution in [-0.2, 0) is 4.74 Å². The summed E-state index contributed by atoms with van der Waals surface area (Å²) in [5.74, 6) is -3.36. The first-order valence-electron chi connectivity index (χ1n) is 1.93. The summed E-state index contributed by atoms with van der Waals surface area (Å²) in [4.78, 5) is 0. The van der Waals surface area contributed by atoms with Gasteiger partial charge in [0.2, 0.25) is 0 Å². The van der Waals surface area contributed by atoms with Gasteiger partial charge in [0.15, 0.2) is 6.67 Å². The molecule has 0 aliphatic rings. The average molecular weight is 127 g/mol. The first-order valence-corrected chi connectivity index (χ1v) is 1.93. The summed E-state index contributed by atoms with van der Waals surface area (Å²) in [5, 5.41) is 0. The molecule has 1 radical (unpaired) electrons. The van der Waals surface area contributed by atoms with Crippen LogP contribution in [0.3, 0.4) is 0 Å². The van der Waals surface area contributed by atoms with E-state index in [0.29, 0.717) is 0 Å². The molecule has 0 saturated carbocycles. The van der Waals surface area contributed by atoms with Crippen molar-refractivity contribution >= 4 is 0 Å². The Kier molecular flexibility index (Phi) is 2.82. The van der Waals surface area contributed by atoms with Crippen LogP contribution in [0.25, 0.3) is 0 Å². The highest BCUT2D eigenvalue weighted by Gasteiger charge is 2.28. The molecule has 0 aliphatic heterocycles. The van der Waals surface area contributed by atoms with Crippen molar-refractivity contribution in [3.8, 4) is 0 Å². The van der Waals surface area contributed by atoms with Crippen LogP contribution in [0.4, 0.5) is 13.2 Å². The molecule has 0 rings (SSSR count). The van der Waals surface area contributed by atoms with E-state index in [9.17, 15) is 13.2 Å². The lowest BCUT2D eigenvalue weighted by molar-refractivity contribution is -0.0713. The molecule has 0 fully saturated rings. The zero-order chi connectivity index (χ0) is 6.62. The number of ether oxygens (including phenoxy) is 1. The van der Waals surface area contributed by atoms with Crippen LogP contribution < -0.4 is 0 Å². The van der Waals surface area contributed by atoms with Crippen molar-refractivity contribution in [3.63, 3.8) is 0 Å². The first kappa shape index (κ1) is 7.75. The van der Waals surface area contributed by atoms with Gasteiger partial charge >= 0.3 is 0 Å². The van der Waals surface area contributed by atoms with Gasteiger partial charge in [-0.15, -0.1) is 0 Å². The van der Waals surface area contributed by atoms with Gasteiger partial charge in [-0.05, 0) is 0 Å². The largest absolute Gasteiger partial charge is 0.373 e. The lowest BCUT2D eigenvalue weighted by Gasteiger charge is -2.08. The Morgan fingerprint density at radius 2 is 2.00 bits per heavy atom. The van der Waals surface area contributed by atoms with Crippen LogP contribution in [0, 0.1) is 7.11 Å². The Bertz CT molecular complexity index is 64.3. The summed E-state index contributed by atoms with van der Waals surface area (Å²) in [5.41, 5.74) is 0. The quantitative estimate of drug-likeness (QED) is 0.556. The fourth-order valence-electron chi connectivity index (χ4n) is 0.188. The third-order valence-corrected chi connectivity index (χ3v) is 0.509. The summed E-state index contributed by atoms with van der Waals surface area (Å²) in [6.07, 6.45) is 0. The molecular formula is C4H6F3O. The molecule has 0 N–H and O–H groups in total. The lowest BCUT2D eigenvalue weighted by atomic mass is 10.4. The first-order chi connectivity index (χ1) is 3.62. The van der Waals surface area contributed by atoms with Crippen molar-refractivity contribution in [2.45, 2.75) is 5.92 Å². The van der Waals surface area contributed by atoms with E-state index in [1.165, 1.54) is 0 Å². The van der Waals surface area contributed by atoms with E-state index in [1.54, 1.807) is 0 Å². The number of alkyl halides is 3. The molecule has 49 valence electrons. The standard InChI is InChI=1S/C4H6F3O/c1-8-3-4(6,7)2-5/h1-3H2. The highest BCUT2D eigenvalue weighted by Crippen LogP contribution is 2.13. The van der Waals surface area contributed by atoms with Crippen LogP contribution in [0.1, 0.15) is 0 Å². The zero-order valence-electron chi connectivity index (χ0n) is 4.16. The van der Waals surface area contributed by atoms with Gasteiger partial charge in [-0.25, -0.2) is 13.2 Å². The summed E-state index contributed by atoms with van der Waals surface area (Å²) in [6.45, 7) is -2.65. The average Bonchev–Trinajstić information content (AvgIpc) is 1.67. The number of rotatable bonds is 3. The smallest absolute Gasteiger partial charge is 0.298 e. The SMILES string of the molecule is [CH2]OCC(F)(F)CF. The Hall–Kier alpha value is -0.250. The summed E-state index contributed by atoms with van der Waals surface area (Å²) >= 11 is 0. The van der Waals surface area contributed by atoms with E-state index in [-0.39, 0.29) is 0 Å². The third kappa shape index (κ3) is 2.85. The maximum Gasteiger partial charge on any atom is 0.298 e. The van der Waals surface area contributed by atoms with Gasteiger partial charge in [-0.2, -0.15) is 0 Å². The Balaban J connectivity index is 3.37. The van der Waals surface area contributed by atoms with Crippen molar-refractivity contribution in [2.24, 2.45) is 0 Å². The second kappa shape index (κ2) is 2.91. The highest BCUT2D eigenvalue weighted by molar-refractivity contribution is 4.61. The molecule has 0 atom stereocenters. The molecule has 0 heterocycles. The van der Waals surface area contributed by atoms with Gasteiger partial charge in [0, 0.05) is 0 Å². The molecule has 0 unspecified atom stereocenters. The Morgan fingerprint density at radius 3 is 2.12 bits per heavy atom. The molecule has 0 amide bonds. The van der Waals surface area contributed by atoms with Crippen LogP contribution in [0.15, 0.2) is 0 Å². The van der Waals surface area contributed by atoms with Gasteiger partial charge in [-0.1, -0.05) is 0 Å². The van der Waals surface area contributed by atoms with Crippen molar-refractivity contribution in [3.05, 3.63) is 7.11 Å². The zero-order valence-corrected chi connectivity index (χ0v) is 4.16. The topological polar surface area (TPSA) is 9.23 Å². The maximum absolute atomic E-state index is 11.6. The molecule has 8 heavy (non-hydrogen) atoms. The number of hydrogen-bond donors (Lipinski definition) is 0. The molecular weight excluding hydrogens is 121 g/mol. The molecule has 0 aromatic carbocycles. The van der Waals surface area contributed by atoms with Crippen LogP contribution >= 0.6 is 0 Å². The third-order valence-electron chi connectivity index (χ3n) is 0.509. The predicted molar refractivity (Wildman–Crippen MR) is 22.2 cm³/mol. The molecule has 0 spiro atoms. The van der Waals surface area contributed by atoms with Gasteiger partial charge in [0.05, 0.1) is 7.11 Å². The lowest BCUT2D eigenvalue weighted by Crippen LogP contribution is -2.24. The van der Waals surface area contributed by atoms with E-state index in [0.717, 1.165) is 0 Å². The molecule has 0 aromatic rings. The molecule has 0 aromatic heterocycles. The van der Waals surface area contributed by atoms with E-state index >= 15 is 0 Å². The van der Waals surface area contributed by atoms with Crippen molar-refractivity contribution in [1.29, 1.82) is 0 Å². The van der Waals surface area contributed by atoms with Gasteiger partial charge < -0.3 is 4.74 Å². The molecule has 0 aliphatic carbocycles. The fourth-order valence-corrected chi connectivity index (χ4v) is 0.188. The minimum Gasteiger partial charge on any atom is -0.373 e. The minimum atomic E-state index is -3.36. The van der Waals surface area contributed by atoms with Crippen LogP contribution in [0.2, 0.25) is 0 Å². The fraction of sp³-hybridized carbons (Fsp3) is 0.750. The Labute approximate surface area is 45.4 Å². The summed E-state index contributed by atoms with van der Waals surface area (Å²) < 4.78 is 38.1. The van der Waals surface area contributed by atoms with E-state index < -0.39 is 19.2 Å². The van der Waals surface area contributed by atoms with Gasteiger partial charge in [-0.3, -0.25) is 0 Å². The van der Waals surface area contributed by atoms with Crippen LogP contribution in [0.5, 0.6) is 0 Å². The van der Waals surface area contributed by atoms with Crippen molar-refractivity contribution in [2.75, 3.05) is 13.3 Å². The molecule has 4 heteroatoms. The highest BCUT2D eigenvalue weighted by atomic mass is 19.3. The molecule has 0 saturated heterocycles. The predicted octanol–water partition coefficient (Wildman–Crippen LogP) is 1.40. The second-order valence-corrected chi connectivity index (χ2v) is 1.34. The van der Waals surface area contributed by atoms with Crippen molar-refractivity contribution in [1.82, 2.24) is 0 Å². The van der Waals surface area contributed by atoms with E-state index in [2.05, 4.69) is 11.8 Å². The van der Waals surface area contributed by atoms with Crippen LogP contribution in [-0.4, -0.2) is 19.2 Å². The van der Waals surface area contributed by atoms with Crippen molar-refractivity contribution < 1.29 is 17.9 Å². The van der Waals surface area contributed by atoms with Gasteiger partial charge in [0.1, 0.15) is 6.61 Å². The summed E-state index contributed by atoms with van der Waals surface area (Å²) in [6, 6.07) is 0. The normalized spacial score (nSPS) is 12.0. The second-order valence-electron chi connectivity index (χ2n) is 1.34. The van der Waals surface area contributed by atoms with E-state index in [4.69, 9.17) is 0 Å². The van der Waals surface area contributed by atoms with Gasteiger partial charge in [0.25, 0.3) is 5.92 Å². The monoisotopic (exact) mass is 127 g/mol. The molecule has 0 bridgehead atoms. The number of halogens is 3. The van der Waals surface area contributed by atoms with E-state index in [1.807, 2.05) is 0 Å². The summed E-state index contributed by atoms with van der Waals surface area (Å²) in [7, 11) is 2.67. The Morgan fingerprint density at radius 1 is 1.50 bits per heavy atom. The molecule has 1 nitrogen and oxygen atoms in total. The maximum atomic E-state index is 11.6. The number of hydrogen-bond acceptors (Lipinski definition) is 1.